The summed E-state index contributed by atoms with van der Waals surface area (Å²) in [4.78, 5) is 11.3. The summed E-state index contributed by atoms with van der Waals surface area (Å²) in [7, 11) is 0. The molecule has 1 aromatic heterocycles. The first-order valence-electron chi connectivity index (χ1n) is 6.23. The Hall–Kier alpha value is -2.10. The molecule has 2 aromatic rings. The second-order valence-corrected chi connectivity index (χ2v) is 5.46. The summed E-state index contributed by atoms with van der Waals surface area (Å²) in [5.74, 6) is -0.793. The summed E-state index contributed by atoms with van der Waals surface area (Å²) in [5.41, 5.74) is 2.20. The maximum Gasteiger partial charge on any atom is 0.309 e. The number of carboxylic acids is 1. The number of aryl methyl sites for hydroxylation is 1. The number of hydrogen-bond donors (Lipinski definition) is 1. The van der Waals surface area contributed by atoms with E-state index < -0.39 is 11.4 Å². The van der Waals surface area contributed by atoms with E-state index in [1.165, 1.54) is 0 Å². The summed E-state index contributed by atoms with van der Waals surface area (Å²) in [6, 6.07) is 7.77. The van der Waals surface area contributed by atoms with Gasteiger partial charge in [0.1, 0.15) is 0 Å². The van der Waals surface area contributed by atoms with Gasteiger partial charge in [0.15, 0.2) is 0 Å². The van der Waals surface area contributed by atoms with Crippen LogP contribution in [0.4, 0.5) is 0 Å². The van der Waals surface area contributed by atoms with Gasteiger partial charge in [-0.15, -0.1) is 0 Å². The SMILES string of the molecule is Cc1cnn(-c2ccccc2CC(C)(C)C(=O)O)c1. The molecule has 0 atom stereocenters. The van der Waals surface area contributed by atoms with Crippen molar-refractivity contribution in [1.29, 1.82) is 0 Å². The summed E-state index contributed by atoms with van der Waals surface area (Å²) >= 11 is 0. The summed E-state index contributed by atoms with van der Waals surface area (Å²) in [6.45, 7) is 5.45. The van der Waals surface area contributed by atoms with Crippen molar-refractivity contribution >= 4 is 5.97 Å². The molecule has 0 saturated carbocycles. The Morgan fingerprint density at radius 1 is 1.37 bits per heavy atom. The van der Waals surface area contributed by atoms with Crippen LogP contribution in [-0.2, 0) is 11.2 Å². The van der Waals surface area contributed by atoms with Crippen molar-refractivity contribution in [2.75, 3.05) is 0 Å². The van der Waals surface area contributed by atoms with E-state index in [0.717, 1.165) is 16.8 Å². The molecule has 4 nitrogen and oxygen atoms in total. The maximum absolute atomic E-state index is 11.3. The molecule has 100 valence electrons. The fourth-order valence-corrected chi connectivity index (χ4v) is 1.98. The second-order valence-electron chi connectivity index (χ2n) is 5.46. The predicted molar refractivity (Wildman–Crippen MR) is 73.4 cm³/mol. The van der Waals surface area contributed by atoms with Crippen LogP contribution in [0.5, 0.6) is 0 Å². The monoisotopic (exact) mass is 258 g/mol. The van der Waals surface area contributed by atoms with Crippen molar-refractivity contribution in [3.63, 3.8) is 0 Å². The molecule has 1 aromatic carbocycles. The van der Waals surface area contributed by atoms with Crippen molar-refractivity contribution in [3.05, 3.63) is 47.8 Å². The van der Waals surface area contributed by atoms with Crippen molar-refractivity contribution in [1.82, 2.24) is 9.78 Å². The van der Waals surface area contributed by atoms with Gasteiger partial charge in [-0.1, -0.05) is 18.2 Å². The van der Waals surface area contributed by atoms with E-state index in [9.17, 15) is 9.90 Å². The number of para-hydroxylation sites is 1. The van der Waals surface area contributed by atoms with E-state index in [2.05, 4.69) is 5.10 Å². The quantitative estimate of drug-likeness (QED) is 0.917. The van der Waals surface area contributed by atoms with Gasteiger partial charge in [0.05, 0.1) is 17.3 Å². The van der Waals surface area contributed by atoms with Crippen LogP contribution in [0.15, 0.2) is 36.7 Å². The number of hydrogen-bond acceptors (Lipinski definition) is 2. The standard InChI is InChI=1S/C15H18N2O2/c1-11-9-16-17(10-11)13-7-5-4-6-12(13)8-15(2,3)14(18)19/h4-7,9-10H,8H2,1-3H3,(H,18,19). The van der Waals surface area contributed by atoms with Gasteiger partial charge in [-0.3, -0.25) is 4.79 Å². The Labute approximate surface area is 112 Å². The zero-order chi connectivity index (χ0) is 14.0. The fourth-order valence-electron chi connectivity index (χ4n) is 1.98. The molecular formula is C15H18N2O2. The van der Waals surface area contributed by atoms with Gasteiger partial charge in [0.25, 0.3) is 0 Å². The molecule has 0 saturated heterocycles. The molecule has 0 radical (unpaired) electrons. The minimum Gasteiger partial charge on any atom is -0.481 e. The van der Waals surface area contributed by atoms with Gasteiger partial charge in [-0.05, 0) is 44.4 Å². The minimum atomic E-state index is -0.793. The predicted octanol–water partition coefficient (Wildman–Crippen LogP) is 2.83. The Kier molecular flexibility index (Phi) is 3.42. The van der Waals surface area contributed by atoms with E-state index >= 15 is 0 Å². The number of aromatic nitrogens is 2. The van der Waals surface area contributed by atoms with Crippen molar-refractivity contribution in [3.8, 4) is 5.69 Å². The zero-order valence-electron chi connectivity index (χ0n) is 11.4. The molecule has 4 heteroatoms. The normalized spacial score (nSPS) is 11.5. The topological polar surface area (TPSA) is 55.1 Å². The zero-order valence-corrected chi connectivity index (χ0v) is 11.4. The maximum atomic E-state index is 11.3. The Bertz CT molecular complexity index is 600. The number of rotatable bonds is 4. The molecule has 1 N–H and O–H groups in total. The smallest absolute Gasteiger partial charge is 0.309 e. The van der Waals surface area contributed by atoms with E-state index in [-0.39, 0.29) is 0 Å². The summed E-state index contributed by atoms with van der Waals surface area (Å²) in [5, 5.41) is 13.5. The van der Waals surface area contributed by atoms with Crippen molar-refractivity contribution in [2.45, 2.75) is 27.2 Å². The van der Waals surface area contributed by atoms with Gasteiger partial charge < -0.3 is 5.11 Å². The lowest BCUT2D eigenvalue weighted by atomic mass is 9.85. The molecule has 0 bridgehead atoms. The van der Waals surface area contributed by atoms with Gasteiger partial charge in [-0.2, -0.15) is 5.10 Å². The highest BCUT2D eigenvalue weighted by Gasteiger charge is 2.28. The van der Waals surface area contributed by atoms with Crippen LogP contribution in [0.3, 0.4) is 0 Å². The average Bonchev–Trinajstić information content (AvgIpc) is 2.76. The Balaban J connectivity index is 2.40. The summed E-state index contributed by atoms with van der Waals surface area (Å²) < 4.78 is 1.79. The molecule has 2 rings (SSSR count). The summed E-state index contributed by atoms with van der Waals surface area (Å²) in [6.07, 6.45) is 4.20. The first kappa shape index (κ1) is 13.3. The number of nitrogens with zero attached hydrogens (tertiary/aromatic N) is 2. The van der Waals surface area contributed by atoms with Crippen LogP contribution in [0.25, 0.3) is 5.69 Å². The van der Waals surface area contributed by atoms with E-state index in [1.807, 2.05) is 37.4 Å². The van der Waals surface area contributed by atoms with Gasteiger partial charge >= 0.3 is 5.97 Å². The van der Waals surface area contributed by atoms with Gasteiger partial charge in [0.2, 0.25) is 0 Å². The second kappa shape index (κ2) is 4.88. The molecule has 0 aliphatic carbocycles. The largest absolute Gasteiger partial charge is 0.481 e. The lowest BCUT2D eigenvalue weighted by Gasteiger charge is -2.20. The lowest BCUT2D eigenvalue weighted by Crippen LogP contribution is -2.26. The van der Waals surface area contributed by atoms with Crippen LogP contribution >= 0.6 is 0 Å². The Morgan fingerprint density at radius 2 is 2.05 bits per heavy atom. The van der Waals surface area contributed by atoms with Crippen LogP contribution < -0.4 is 0 Å². The highest BCUT2D eigenvalue weighted by atomic mass is 16.4. The lowest BCUT2D eigenvalue weighted by molar-refractivity contribution is -0.146. The number of aliphatic carboxylic acids is 1. The van der Waals surface area contributed by atoms with Gasteiger partial charge in [0, 0.05) is 6.20 Å². The molecule has 19 heavy (non-hydrogen) atoms. The third-order valence-corrected chi connectivity index (χ3v) is 3.16. The van der Waals surface area contributed by atoms with Crippen LogP contribution in [0, 0.1) is 12.3 Å². The van der Waals surface area contributed by atoms with E-state index in [0.29, 0.717) is 6.42 Å². The molecule has 1 heterocycles. The van der Waals surface area contributed by atoms with Crippen LogP contribution in [0.2, 0.25) is 0 Å². The molecule has 0 unspecified atom stereocenters. The molecule has 0 aliphatic rings. The molecule has 0 fully saturated rings. The van der Waals surface area contributed by atoms with Crippen LogP contribution in [0.1, 0.15) is 25.0 Å². The molecule has 0 aliphatic heterocycles. The van der Waals surface area contributed by atoms with Crippen molar-refractivity contribution in [2.24, 2.45) is 5.41 Å². The number of carboxylic acid groups (broad SMARTS) is 1. The molecular weight excluding hydrogens is 240 g/mol. The third-order valence-electron chi connectivity index (χ3n) is 3.16. The van der Waals surface area contributed by atoms with E-state index in [4.69, 9.17) is 0 Å². The molecule has 0 spiro atoms. The highest BCUT2D eigenvalue weighted by molar-refractivity contribution is 5.74. The first-order valence-corrected chi connectivity index (χ1v) is 6.23. The van der Waals surface area contributed by atoms with Crippen molar-refractivity contribution < 1.29 is 9.90 Å². The highest BCUT2D eigenvalue weighted by Crippen LogP contribution is 2.25. The van der Waals surface area contributed by atoms with Gasteiger partial charge in [-0.25, -0.2) is 4.68 Å². The molecule has 0 amide bonds. The number of carbonyl (C=O) groups is 1. The fraction of sp³-hybridized carbons (Fsp3) is 0.333. The van der Waals surface area contributed by atoms with Crippen LogP contribution in [-0.4, -0.2) is 20.9 Å². The van der Waals surface area contributed by atoms with E-state index in [1.54, 1.807) is 24.7 Å². The number of benzene rings is 1. The Morgan fingerprint density at radius 3 is 2.63 bits per heavy atom. The third kappa shape index (κ3) is 2.84. The minimum absolute atomic E-state index is 0.470. The average molecular weight is 258 g/mol. The first-order chi connectivity index (χ1) is 8.90.